The average Bonchev–Trinajstić information content (AvgIpc) is 2.71. The van der Waals surface area contributed by atoms with Gasteiger partial charge in [-0.2, -0.15) is 0 Å². The molecule has 0 aromatic rings. The number of carboxylic acids is 2. The summed E-state index contributed by atoms with van der Waals surface area (Å²) < 4.78 is 10.0. The molecule has 188 valence electrons. The monoisotopic (exact) mass is 470 g/mol. The number of nitrogens with one attached hydrogen (secondary N) is 2. The van der Waals surface area contributed by atoms with Crippen LogP contribution in [0.2, 0.25) is 0 Å². The Balaban J connectivity index is 4.05. The minimum atomic E-state index is -0.997. The highest BCUT2D eigenvalue weighted by molar-refractivity contribution is 5.86. The van der Waals surface area contributed by atoms with E-state index in [1.165, 1.54) is 26.0 Å². The highest BCUT2D eigenvalue weighted by atomic mass is 16.6. The largest absolute Gasteiger partial charge is 0.478 e. The zero-order chi connectivity index (χ0) is 25.4. The molecule has 10 heteroatoms. The molecule has 0 fully saturated rings. The predicted octanol–water partition coefficient (Wildman–Crippen LogP) is 3.72. The van der Waals surface area contributed by atoms with Crippen LogP contribution in [0, 0.1) is 11.3 Å². The molecule has 0 aliphatic heterocycles. The van der Waals surface area contributed by atoms with Gasteiger partial charge < -0.3 is 30.3 Å². The third-order valence-corrected chi connectivity index (χ3v) is 4.84. The molecule has 0 saturated carbocycles. The van der Waals surface area contributed by atoms with Gasteiger partial charge in [-0.05, 0) is 38.0 Å². The summed E-state index contributed by atoms with van der Waals surface area (Å²) in [6, 6.07) is 0. The van der Waals surface area contributed by atoms with Crippen LogP contribution < -0.4 is 10.6 Å². The Morgan fingerprint density at radius 2 is 1.33 bits per heavy atom. The standard InChI is InChI=1S/C23H38N2O8/c1-16(15-25-22(31)33-13-7-9-18(3)20(28)29)14-23(4,5)10-11-24-21(30)32-12-6-8-17(2)19(26)27/h8-9,16H,6-7,10-15H2,1-5H3,(H,24,30)(H,25,31)(H,26,27)(H,28,29). The fourth-order valence-electron chi connectivity index (χ4n) is 3.01. The normalized spacial score (nSPS) is 13.1. The number of aliphatic carboxylic acids is 2. The summed E-state index contributed by atoms with van der Waals surface area (Å²) in [5.74, 6) is -1.81. The number of carbonyl (C=O) groups is 4. The van der Waals surface area contributed by atoms with Gasteiger partial charge in [0.05, 0.1) is 13.2 Å². The van der Waals surface area contributed by atoms with E-state index >= 15 is 0 Å². The van der Waals surface area contributed by atoms with Crippen molar-refractivity contribution >= 4 is 24.1 Å². The quantitative estimate of drug-likeness (QED) is 0.209. The third kappa shape index (κ3) is 16.3. The smallest absolute Gasteiger partial charge is 0.407 e. The van der Waals surface area contributed by atoms with Crippen molar-refractivity contribution in [2.24, 2.45) is 11.3 Å². The molecular weight excluding hydrogens is 432 g/mol. The highest BCUT2D eigenvalue weighted by Gasteiger charge is 2.22. The Morgan fingerprint density at radius 1 is 0.879 bits per heavy atom. The van der Waals surface area contributed by atoms with Gasteiger partial charge in [-0.3, -0.25) is 0 Å². The van der Waals surface area contributed by atoms with Gasteiger partial charge in [-0.25, -0.2) is 19.2 Å². The molecule has 0 spiro atoms. The number of ether oxygens (including phenoxy) is 2. The molecule has 0 saturated heterocycles. The molecule has 0 bridgehead atoms. The molecule has 10 nitrogen and oxygen atoms in total. The lowest BCUT2D eigenvalue weighted by atomic mass is 9.80. The molecular formula is C23H38N2O8. The summed E-state index contributed by atoms with van der Waals surface area (Å²) >= 11 is 0. The fourth-order valence-corrected chi connectivity index (χ4v) is 3.01. The van der Waals surface area contributed by atoms with E-state index in [1.807, 2.05) is 6.92 Å². The van der Waals surface area contributed by atoms with E-state index in [9.17, 15) is 19.2 Å². The molecule has 33 heavy (non-hydrogen) atoms. The first kappa shape index (κ1) is 30.0. The van der Waals surface area contributed by atoms with Crippen molar-refractivity contribution in [1.29, 1.82) is 0 Å². The van der Waals surface area contributed by atoms with Crippen molar-refractivity contribution in [3.8, 4) is 0 Å². The van der Waals surface area contributed by atoms with Crippen LogP contribution in [-0.4, -0.2) is 60.6 Å². The molecule has 0 aromatic heterocycles. The maximum absolute atomic E-state index is 11.8. The Labute approximate surface area is 195 Å². The molecule has 2 amide bonds. The molecule has 1 unspecified atom stereocenters. The molecule has 0 radical (unpaired) electrons. The second-order valence-corrected chi connectivity index (χ2v) is 8.76. The molecule has 0 aliphatic rings. The summed E-state index contributed by atoms with van der Waals surface area (Å²) in [5.41, 5.74) is 0.333. The minimum absolute atomic E-state index is 0.0846. The number of rotatable bonds is 15. The zero-order valence-electron chi connectivity index (χ0n) is 20.2. The van der Waals surface area contributed by atoms with Gasteiger partial charge in [0.15, 0.2) is 0 Å². The summed E-state index contributed by atoms with van der Waals surface area (Å²) in [5, 5.41) is 22.9. The van der Waals surface area contributed by atoms with Crippen molar-refractivity contribution in [2.45, 2.75) is 60.3 Å². The van der Waals surface area contributed by atoms with E-state index < -0.39 is 24.1 Å². The Bertz CT molecular complexity index is 728. The van der Waals surface area contributed by atoms with Gasteiger partial charge in [0.1, 0.15) is 0 Å². The van der Waals surface area contributed by atoms with Gasteiger partial charge in [0, 0.05) is 37.1 Å². The Kier molecular flexibility index (Phi) is 14.3. The highest BCUT2D eigenvalue weighted by Crippen LogP contribution is 2.28. The molecule has 0 aromatic carbocycles. The molecule has 4 N–H and O–H groups in total. The summed E-state index contributed by atoms with van der Waals surface area (Å²) in [4.78, 5) is 44.8. The second-order valence-electron chi connectivity index (χ2n) is 8.76. The lowest BCUT2D eigenvalue weighted by Crippen LogP contribution is -2.33. The molecule has 1 atom stereocenters. The Hall–Kier alpha value is -3.04. The maximum Gasteiger partial charge on any atom is 0.407 e. The van der Waals surface area contributed by atoms with Crippen molar-refractivity contribution in [2.75, 3.05) is 26.3 Å². The lowest BCUT2D eigenvalue weighted by molar-refractivity contribution is -0.133. The fraction of sp³-hybridized carbons (Fsp3) is 0.652. The van der Waals surface area contributed by atoms with E-state index in [0.717, 1.165) is 6.42 Å². The summed E-state index contributed by atoms with van der Waals surface area (Å²) in [6.45, 7) is 10.2. The number of carbonyl (C=O) groups excluding carboxylic acids is 2. The first-order valence-corrected chi connectivity index (χ1v) is 11.0. The van der Waals surface area contributed by atoms with Crippen LogP contribution in [0.4, 0.5) is 9.59 Å². The molecule has 0 rings (SSSR count). The predicted molar refractivity (Wildman–Crippen MR) is 123 cm³/mol. The number of hydrogen-bond donors (Lipinski definition) is 4. The van der Waals surface area contributed by atoms with Crippen LogP contribution in [0.3, 0.4) is 0 Å². The van der Waals surface area contributed by atoms with E-state index in [0.29, 0.717) is 32.4 Å². The zero-order valence-corrected chi connectivity index (χ0v) is 20.2. The topological polar surface area (TPSA) is 151 Å². The van der Waals surface area contributed by atoms with Crippen molar-refractivity contribution in [3.63, 3.8) is 0 Å². The van der Waals surface area contributed by atoms with E-state index in [1.54, 1.807) is 0 Å². The Morgan fingerprint density at radius 3 is 1.79 bits per heavy atom. The summed E-state index contributed by atoms with van der Waals surface area (Å²) in [6.07, 6.45) is 4.11. The van der Waals surface area contributed by atoms with Gasteiger partial charge >= 0.3 is 24.1 Å². The van der Waals surface area contributed by atoms with E-state index in [2.05, 4.69) is 24.5 Å². The maximum atomic E-state index is 11.8. The van der Waals surface area contributed by atoms with Crippen LogP contribution in [-0.2, 0) is 19.1 Å². The minimum Gasteiger partial charge on any atom is -0.478 e. The van der Waals surface area contributed by atoms with Crippen LogP contribution in [0.25, 0.3) is 0 Å². The first-order chi connectivity index (χ1) is 15.3. The van der Waals surface area contributed by atoms with Gasteiger partial charge in [0.2, 0.25) is 0 Å². The lowest BCUT2D eigenvalue weighted by Gasteiger charge is -2.28. The van der Waals surface area contributed by atoms with Crippen LogP contribution in [0.15, 0.2) is 23.3 Å². The van der Waals surface area contributed by atoms with Crippen molar-refractivity contribution in [1.82, 2.24) is 10.6 Å². The number of carboxylic acid groups (broad SMARTS) is 2. The van der Waals surface area contributed by atoms with Gasteiger partial charge in [0.25, 0.3) is 0 Å². The first-order valence-electron chi connectivity index (χ1n) is 11.0. The van der Waals surface area contributed by atoms with E-state index in [-0.39, 0.29) is 35.7 Å². The second kappa shape index (κ2) is 15.7. The number of amides is 2. The third-order valence-electron chi connectivity index (χ3n) is 4.84. The molecule has 0 heterocycles. The molecule has 0 aliphatic carbocycles. The van der Waals surface area contributed by atoms with Crippen molar-refractivity contribution < 1.29 is 38.9 Å². The number of hydrogen-bond acceptors (Lipinski definition) is 6. The van der Waals surface area contributed by atoms with Gasteiger partial charge in [-0.15, -0.1) is 0 Å². The van der Waals surface area contributed by atoms with E-state index in [4.69, 9.17) is 19.7 Å². The summed E-state index contributed by atoms with van der Waals surface area (Å²) in [7, 11) is 0. The van der Waals surface area contributed by atoms with Gasteiger partial charge in [-0.1, -0.05) is 32.9 Å². The SMILES string of the molecule is CC(=CCCOC(=O)NCCC(C)(C)CC(C)CNC(=O)OCCC=C(C)C(=O)O)C(=O)O. The average molecular weight is 471 g/mol. The van der Waals surface area contributed by atoms with Crippen LogP contribution in [0.1, 0.15) is 60.3 Å². The van der Waals surface area contributed by atoms with Crippen LogP contribution in [0.5, 0.6) is 0 Å². The van der Waals surface area contributed by atoms with Crippen LogP contribution >= 0.6 is 0 Å². The number of alkyl carbamates (subject to hydrolysis) is 2. The van der Waals surface area contributed by atoms with Crippen molar-refractivity contribution in [3.05, 3.63) is 23.3 Å².